The first-order valence-electron chi connectivity index (χ1n) is 6.48. The number of unbranched alkanes of at least 4 members (excludes halogenated alkanes) is 2. The molecule has 2 N–H and O–H groups in total. The van der Waals surface area contributed by atoms with Gasteiger partial charge in [0.25, 0.3) is 0 Å². The molecule has 98 valence electrons. The van der Waals surface area contributed by atoms with Crippen LogP contribution in [-0.2, 0) is 0 Å². The highest BCUT2D eigenvalue weighted by Crippen LogP contribution is 2.18. The monoisotopic (exact) mass is 247 g/mol. The summed E-state index contributed by atoms with van der Waals surface area (Å²) in [5, 5.41) is 2.09. The van der Waals surface area contributed by atoms with Gasteiger partial charge in [0.05, 0.1) is 12.8 Å². The van der Waals surface area contributed by atoms with E-state index in [0.717, 1.165) is 23.6 Å². The van der Waals surface area contributed by atoms with Crippen LogP contribution in [0.25, 0.3) is 5.70 Å². The highest BCUT2D eigenvalue weighted by atomic mass is 16.5. The Morgan fingerprint density at radius 1 is 1.17 bits per heavy atom. The van der Waals surface area contributed by atoms with Crippen molar-refractivity contribution >= 4 is 5.70 Å². The molecule has 1 aliphatic heterocycles. The fraction of sp³-hybridized carbons (Fsp3) is 0.429. The van der Waals surface area contributed by atoms with E-state index in [-0.39, 0.29) is 0 Å². The molecule has 18 heavy (non-hydrogen) atoms. The Morgan fingerprint density at radius 3 is 2.61 bits per heavy atom. The second kappa shape index (κ2) is 6.31. The van der Waals surface area contributed by atoms with Crippen molar-refractivity contribution in [3.05, 3.63) is 36.0 Å². The summed E-state index contributed by atoms with van der Waals surface area (Å²) in [7, 11) is 1.68. The van der Waals surface area contributed by atoms with E-state index in [0.29, 0.717) is 0 Å². The zero-order valence-corrected chi connectivity index (χ0v) is 11.1. The van der Waals surface area contributed by atoms with E-state index in [2.05, 4.69) is 41.2 Å². The van der Waals surface area contributed by atoms with Crippen LogP contribution in [0.15, 0.2) is 30.5 Å². The van der Waals surface area contributed by atoms with Crippen LogP contribution in [-0.4, -0.2) is 18.7 Å². The van der Waals surface area contributed by atoms with Crippen molar-refractivity contribution in [2.75, 3.05) is 13.7 Å². The Balaban J connectivity index is 1.94. The molecule has 0 aromatic heterocycles. The van der Waals surface area contributed by atoms with Crippen LogP contribution in [0, 0.1) is 0 Å². The third-order valence-electron chi connectivity index (χ3n) is 3.02. The molecule has 0 saturated carbocycles. The lowest BCUT2D eigenvalue weighted by molar-refractivity contribution is 0.267. The molecule has 0 aliphatic carbocycles. The summed E-state index contributed by atoms with van der Waals surface area (Å²) < 4.78 is 5.15. The maximum absolute atomic E-state index is 5.15. The molecule has 1 aromatic carbocycles. The quantitative estimate of drug-likeness (QED) is 0.757. The van der Waals surface area contributed by atoms with Gasteiger partial charge >= 0.3 is 0 Å². The van der Waals surface area contributed by atoms with Crippen LogP contribution < -0.4 is 15.7 Å². The standard InChI is InChI=1S/C14H21N3O/c1-3-4-5-10-17-11-14(15-16-17)12-6-8-13(18-2)9-7-12/h6-9,11,15-16H,3-5,10H2,1-2H3. The van der Waals surface area contributed by atoms with E-state index in [9.17, 15) is 0 Å². The third-order valence-corrected chi connectivity index (χ3v) is 3.02. The van der Waals surface area contributed by atoms with Gasteiger partial charge < -0.3 is 10.2 Å². The Bertz CT molecular complexity index is 400. The molecule has 0 unspecified atom stereocenters. The Morgan fingerprint density at radius 2 is 1.94 bits per heavy atom. The van der Waals surface area contributed by atoms with Crippen LogP contribution in [0.3, 0.4) is 0 Å². The largest absolute Gasteiger partial charge is 0.497 e. The topological polar surface area (TPSA) is 36.5 Å². The van der Waals surface area contributed by atoms with Crippen molar-refractivity contribution in [1.29, 1.82) is 0 Å². The lowest BCUT2D eigenvalue weighted by Crippen LogP contribution is -2.36. The van der Waals surface area contributed by atoms with E-state index < -0.39 is 0 Å². The van der Waals surface area contributed by atoms with Gasteiger partial charge in [-0.05, 0) is 30.7 Å². The van der Waals surface area contributed by atoms with Gasteiger partial charge in [-0.15, -0.1) is 5.53 Å². The average molecular weight is 247 g/mol. The molecular weight excluding hydrogens is 226 g/mol. The second-order valence-electron chi connectivity index (χ2n) is 4.41. The summed E-state index contributed by atoms with van der Waals surface area (Å²) in [5.74, 6) is 0.880. The summed E-state index contributed by atoms with van der Waals surface area (Å²) in [6.45, 7) is 3.24. The average Bonchev–Trinajstić information content (AvgIpc) is 2.88. The van der Waals surface area contributed by atoms with Crippen LogP contribution in [0.2, 0.25) is 0 Å². The zero-order valence-electron chi connectivity index (χ0n) is 11.1. The van der Waals surface area contributed by atoms with Crippen molar-refractivity contribution in [2.45, 2.75) is 26.2 Å². The highest BCUT2D eigenvalue weighted by molar-refractivity contribution is 5.64. The molecule has 0 bridgehead atoms. The van der Waals surface area contributed by atoms with E-state index in [1.165, 1.54) is 19.3 Å². The molecule has 0 radical (unpaired) electrons. The number of methoxy groups -OCH3 is 1. The highest BCUT2D eigenvalue weighted by Gasteiger charge is 2.11. The molecule has 4 nitrogen and oxygen atoms in total. The van der Waals surface area contributed by atoms with Crippen molar-refractivity contribution in [2.24, 2.45) is 0 Å². The molecule has 1 aromatic rings. The van der Waals surface area contributed by atoms with Gasteiger partial charge in [-0.25, -0.2) is 0 Å². The first kappa shape index (κ1) is 12.8. The molecule has 0 fully saturated rings. The molecule has 0 atom stereocenters. The van der Waals surface area contributed by atoms with Gasteiger partial charge in [-0.2, -0.15) is 0 Å². The predicted molar refractivity (Wildman–Crippen MR) is 73.5 cm³/mol. The molecule has 0 spiro atoms. The molecular formula is C14H21N3O. The number of nitrogens with one attached hydrogen (secondary N) is 2. The third kappa shape index (κ3) is 3.17. The number of hydrogen-bond donors (Lipinski definition) is 2. The van der Waals surface area contributed by atoms with Crippen LogP contribution in [0.5, 0.6) is 5.75 Å². The minimum atomic E-state index is 0.880. The lowest BCUT2D eigenvalue weighted by Gasteiger charge is -2.14. The molecule has 0 amide bonds. The normalized spacial score (nSPS) is 14.3. The predicted octanol–water partition coefficient (Wildman–Crippen LogP) is 2.51. The maximum atomic E-state index is 5.15. The molecule has 1 aliphatic rings. The molecule has 4 heteroatoms. The van der Waals surface area contributed by atoms with Crippen molar-refractivity contribution < 1.29 is 4.74 Å². The first-order chi connectivity index (χ1) is 8.83. The number of benzene rings is 1. The van der Waals surface area contributed by atoms with Crippen LogP contribution in [0.4, 0.5) is 0 Å². The minimum absolute atomic E-state index is 0.880. The first-order valence-corrected chi connectivity index (χ1v) is 6.48. The fourth-order valence-electron chi connectivity index (χ4n) is 1.92. The smallest absolute Gasteiger partial charge is 0.118 e. The molecule has 1 heterocycles. The van der Waals surface area contributed by atoms with Crippen LogP contribution in [0.1, 0.15) is 31.7 Å². The van der Waals surface area contributed by atoms with E-state index in [1.807, 2.05) is 12.1 Å². The van der Waals surface area contributed by atoms with Gasteiger partial charge in [0.15, 0.2) is 0 Å². The second-order valence-corrected chi connectivity index (χ2v) is 4.41. The number of hydrazine groups is 2. The van der Waals surface area contributed by atoms with Crippen molar-refractivity contribution in [1.82, 2.24) is 16.0 Å². The number of rotatable bonds is 6. The Labute approximate surface area is 109 Å². The summed E-state index contributed by atoms with van der Waals surface area (Å²) in [4.78, 5) is 0. The number of nitrogens with zero attached hydrogens (tertiary/aromatic N) is 1. The Hall–Kier alpha value is -1.68. The summed E-state index contributed by atoms with van der Waals surface area (Å²) in [6.07, 6.45) is 5.83. The Kier molecular flexibility index (Phi) is 4.47. The van der Waals surface area contributed by atoms with E-state index in [4.69, 9.17) is 4.74 Å². The molecule has 0 saturated heterocycles. The van der Waals surface area contributed by atoms with Gasteiger partial charge in [0, 0.05) is 18.3 Å². The number of hydrogen-bond acceptors (Lipinski definition) is 4. The van der Waals surface area contributed by atoms with Crippen molar-refractivity contribution in [3.8, 4) is 5.75 Å². The molecule has 2 rings (SSSR count). The van der Waals surface area contributed by atoms with Gasteiger partial charge in [-0.3, -0.25) is 5.01 Å². The summed E-state index contributed by atoms with van der Waals surface area (Å²) >= 11 is 0. The maximum Gasteiger partial charge on any atom is 0.118 e. The fourth-order valence-corrected chi connectivity index (χ4v) is 1.92. The summed E-state index contributed by atoms with van der Waals surface area (Å²) in [6, 6.07) is 8.04. The van der Waals surface area contributed by atoms with E-state index in [1.54, 1.807) is 7.11 Å². The zero-order chi connectivity index (χ0) is 12.8. The van der Waals surface area contributed by atoms with Gasteiger partial charge in [-0.1, -0.05) is 19.8 Å². The lowest BCUT2D eigenvalue weighted by atomic mass is 10.1. The van der Waals surface area contributed by atoms with Gasteiger partial charge in [0.2, 0.25) is 0 Å². The number of ether oxygens (including phenoxy) is 1. The minimum Gasteiger partial charge on any atom is -0.497 e. The summed E-state index contributed by atoms with van der Waals surface area (Å²) in [5.41, 5.74) is 8.58. The SMILES string of the molecule is CCCCCN1C=C(c2ccc(OC)cc2)NN1. The van der Waals surface area contributed by atoms with Crippen LogP contribution >= 0.6 is 0 Å². The van der Waals surface area contributed by atoms with Gasteiger partial charge in [0.1, 0.15) is 5.75 Å². The van der Waals surface area contributed by atoms with E-state index >= 15 is 0 Å². The van der Waals surface area contributed by atoms with Crippen molar-refractivity contribution in [3.63, 3.8) is 0 Å².